The standard InChI is InChI=1S/C10H16N2O2S/c1-9(8-11)15(13,14)12-7-6-10-4-2-3-5-10/h4,9,12H,2-3,5-7H2,1H3. The molecule has 4 nitrogen and oxygen atoms in total. The molecule has 0 aliphatic heterocycles. The zero-order valence-corrected chi connectivity index (χ0v) is 9.68. The van der Waals surface area contributed by atoms with Crippen molar-refractivity contribution in [2.45, 2.75) is 37.9 Å². The van der Waals surface area contributed by atoms with Crippen molar-refractivity contribution in [2.24, 2.45) is 0 Å². The van der Waals surface area contributed by atoms with Gasteiger partial charge in [-0.3, -0.25) is 0 Å². The van der Waals surface area contributed by atoms with E-state index in [1.807, 2.05) is 0 Å². The maximum absolute atomic E-state index is 11.4. The van der Waals surface area contributed by atoms with Gasteiger partial charge < -0.3 is 0 Å². The highest BCUT2D eigenvalue weighted by Gasteiger charge is 2.19. The minimum Gasteiger partial charge on any atom is -0.214 e. The van der Waals surface area contributed by atoms with Gasteiger partial charge in [-0.2, -0.15) is 5.26 Å². The lowest BCUT2D eigenvalue weighted by atomic mass is 10.2. The highest BCUT2D eigenvalue weighted by Crippen LogP contribution is 2.19. The molecule has 0 radical (unpaired) electrons. The Labute approximate surface area is 91.0 Å². The molecule has 0 aromatic heterocycles. The highest BCUT2D eigenvalue weighted by molar-refractivity contribution is 7.90. The van der Waals surface area contributed by atoms with E-state index in [9.17, 15) is 8.42 Å². The lowest BCUT2D eigenvalue weighted by Crippen LogP contribution is -2.32. The van der Waals surface area contributed by atoms with Crippen LogP contribution in [0.1, 0.15) is 32.6 Å². The molecule has 1 N–H and O–H groups in total. The second-order valence-electron chi connectivity index (χ2n) is 3.72. The number of nitriles is 1. The molecule has 0 spiro atoms. The predicted molar refractivity (Wildman–Crippen MR) is 58.5 cm³/mol. The zero-order valence-electron chi connectivity index (χ0n) is 8.86. The fourth-order valence-corrected chi connectivity index (χ4v) is 2.29. The lowest BCUT2D eigenvalue weighted by Gasteiger charge is -2.07. The molecule has 84 valence electrons. The number of sulfonamides is 1. The van der Waals surface area contributed by atoms with Crippen molar-refractivity contribution in [3.05, 3.63) is 11.6 Å². The van der Waals surface area contributed by atoms with Crippen LogP contribution in [0.25, 0.3) is 0 Å². The molecule has 0 saturated heterocycles. The van der Waals surface area contributed by atoms with Crippen LogP contribution in [0.15, 0.2) is 11.6 Å². The van der Waals surface area contributed by atoms with E-state index in [2.05, 4.69) is 10.8 Å². The molecule has 0 aromatic carbocycles. The van der Waals surface area contributed by atoms with Crippen molar-refractivity contribution in [3.8, 4) is 6.07 Å². The molecule has 1 unspecified atom stereocenters. The van der Waals surface area contributed by atoms with Crippen molar-refractivity contribution in [2.75, 3.05) is 6.54 Å². The summed E-state index contributed by atoms with van der Waals surface area (Å²) in [5.74, 6) is 0. The Balaban J connectivity index is 2.34. The lowest BCUT2D eigenvalue weighted by molar-refractivity contribution is 0.577. The first-order chi connectivity index (χ1) is 7.06. The first-order valence-electron chi connectivity index (χ1n) is 5.12. The molecule has 1 aliphatic rings. The topological polar surface area (TPSA) is 70.0 Å². The summed E-state index contributed by atoms with van der Waals surface area (Å²) in [4.78, 5) is 0. The molecular formula is C10H16N2O2S. The second kappa shape index (κ2) is 5.29. The second-order valence-corrected chi connectivity index (χ2v) is 5.80. The number of hydrogen-bond acceptors (Lipinski definition) is 3. The third-order valence-electron chi connectivity index (χ3n) is 2.53. The molecule has 0 heterocycles. The third-order valence-corrected chi connectivity index (χ3v) is 4.17. The van der Waals surface area contributed by atoms with E-state index in [1.54, 1.807) is 6.07 Å². The van der Waals surface area contributed by atoms with E-state index in [4.69, 9.17) is 5.26 Å². The fourth-order valence-electron chi connectivity index (χ4n) is 1.51. The van der Waals surface area contributed by atoms with Crippen LogP contribution in [0.5, 0.6) is 0 Å². The molecule has 15 heavy (non-hydrogen) atoms. The van der Waals surface area contributed by atoms with Gasteiger partial charge in [-0.1, -0.05) is 11.6 Å². The molecule has 0 amide bonds. The molecule has 0 fully saturated rings. The van der Waals surface area contributed by atoms with Gasteiger partial charge in [0.15, 0.2) is 5.25 Å². The van der Waals surface area contributed by atoms with Gasteiger partial charge in [0.1, 0.15) is 0 Å². The van der Waals surface area contributed by atoms with Gasteiger partial charge in [0.2, 0.25) is 10.0 Å². The number of allylic oxidation sites excluding steroid dienone is 1. The Morgan fingerprint density at radius 2 is 2.40 bits per heavy atom. The van der Waals surface area contributed by atoms with Gasteiger partial charge >= 0.3 is 0 Å². The Bertz CT molecular complexity index is 379. The summed E-state index contributed by atoms with van der Waals surface area (Å²) in [5, 5.41) is 7.52. The van der Waals surface area contributed by atoms with Gasteiger partial charge in [0.05, 0.1) is 6.07 Å². The maximum atomic E-state index is 11.4. The minimum absolute atomic E-state index is 0.403. The predicted octanol–water partition coefficient (Wildman–Crippen LogP) is 1.32. The maximum Gasteiger partial charge on any atom is 0.227 e. The number of nitrogens with zero attached hydrogens (tertiary/aromatic N) is 1. The van der Waals surface area contributed by atoms with E-state index >= 15 is 0 Å². The summed E-state index contributed by atoms with van der Waals surface area (Å²) in [7, 11) is -3.44. The van der Waals surface area contributed by atoms with Gasteiger partial charge in [-0.25, -0.2) is 13.1 Å². The highest BCUT2D eigenvalue weighted by atomic mass is 32.2. The molecule has 1 rings (SSSR count). The van der Waals surface area contributed by atoms with Crippen LogP contribution < -0.4 is 4.72 Å². The zero-order chi connectivity index (χ0) is 11.3. The average Bonchev–Trinajstić information content (AvgIpc) is 2.69. The van der Waals surface area contributed by atoms with Crippen molar-refractivity contribution in [1.29, 1.82) is 5.26 Å². The molecule has 5 heteroatoms. The summed E-state index contributed by atoms with van der Waals surface area (Å²) < 4.78 is 25.2. The average molecular weight is 228 g/mol. The van der Waals surface area contributed by atoms with Crippen LogP contribution >= 0.6 is 0 Å². The summed E-state index contributed by atoms with van der Waals surface area (Å²) in [6.07, 6.45) is 6.29. The van der Waals surface area contributed by atoms with Crippen molar-refractivity contribution in [1.82, 2.24) is 4.72 Å². The van der Waals surface area contributed by atoms with Crippen molar-refractivity contribution < 1.29 is 8.42 Å². The van der Waals surface area contributed by atoms with Crippen molar-refractivity contribution >= 4 is 10.0 Å². The third kappa shape index (κ3) is 3.65. The van der Waals surface area contributed by atoms with E-state index in [0.29, 0.717) is 6.54 Å². The van der Waals surface area contributed by atoms with Gasteiger partial charge in [-0.15, -0.1) is 0 Å². The summed E-state index contributed by atoms with van der Waals surface area (Å²) in [5.41, 5.74) is 1.32. The smallest absolute Gasteiger partial charge is 0.214 e. The van der Waals surface area contributed by atoms with Crippen LogP contribution in [-0.4, -0.2) is 20.2 Å². The largest absolute Gasteiger partial charge is 0.227 e. The monoisotopic (exact) mass is 228 g/mol. The van der Waals surface area contributed by atoms with Crippen LogP contribution in [-0.2, 0) is 10.0 Å². The molecule has 1 atom stereocenters. The van der Waals surface area contributed by atoms with Gasteiger partial charge in [-0.05, 0) is 32.6 Å². The first kappa shape index (κ1) is 12.2. The van der Waals surface area contributed by atoms with Crippen LogP contribution in [0.2, 0.25) is 0 Å². The van der Waals surface area contributed by atoms with Gasteiger partial charge in [0, 0.05) is 6.54 Å². The minimum atomic E-state index is -3.44. The van der Waals surface area contributed by atoms with Gasteiger partial charge in [0.25, 0.3) is 0 Å². The Morgan fingerprint density at radius 3 is 2.93 bits per heavy atom. The normalized spacial score (nSPS) is 18.3. The Hall–Kier alpha value is -0.860. The molecular weight excluding hydrogens is 212 g/mol. The van der Waals surface area contributed by atoms with E-state index in [1.165, 1.54) is 18.9 Å². The fraction of sp³-hybridized carbons (Fsp3) is 0.700. The quantitative estimate of drug-likeness (QED) is 0.721. The summed E-state index contributed by atoms with van der Waals surface area (Å²) in [6.45, 7) is 1.79. The molecule has 0 bridgehead atoms. The van der Waals surface area contributed by atoms with Crippen LogP contribution in [0.4, 0.5) is 0 Å². The number of nitrogens with one attached hydrogen (secondary N) is 1. The molecule has 1 aliphatic carbocycles. The number of rotatable bonds is 5. The first-order valence-corrected chi connectivity index (χ1v) is 6.67. The van der Waals surface area contributed by atoms with E-state index in [-0.39, 0.29) is 0 Å². The van der Waals surface area contributed by atoms with Crippen molar-refractivity contribution in [3.63, 3.8) is 0 Å². The Kier molecular flexibility index (Phi) is 4.30. The van der Waals surface area contributed by atoms with E-state index in [0.717, 1.165) is 19.3 Å². The van der Waals surface area contributed by atoms with E-state index < -0.39 is 15.3 Å². The summed E-state index contributed by atoms with van der Waals surface area (Å²) >= 11 is 0. The van der Waals surface area contributed by atoms with Crippen LogP contribution in [0.3, 0.4) is 0 Å². The molecule has 0 aromatic rings. The van der Waals surface area contributed by atoms with Crippen LogP contribution in [0, 0.1) is 11.3 Å². The Morgan fingerprint density at radius 1 is 1.67 bits per heavy atom. The SMILES string of the molecule is CC(C#N)S(=O)(=O)NCCC1=CCCC1. The summed E-state index contributed by atoms with van der Waals surface area (Å²) in [6, 6.07) is 1.72. The number of hydrogen-bond donors (Lipinski definition) is 1. The molecule has 0 saturated carbocycles.